The Balaban J connectivity index is 1.78. The maximum atomic E-state index is 8.69. The molecule has 0 radical (unpaired) electrons. The van der Waals surface area contributed by atoms with Crippen molar-refractivity contribution >= 4 is 0 Å². The van der Waals surface area contributed by atoms with Gasteiger partial charge in [0.1, 0.15) is 6.10 Å². The molecular weight excluding hydrogens is 152 g/mol. The van der Waals surface area contributed by atoms with Crippen LogP contribution in [0.5, 0.6) is 0 Å². The summed E-state index contributed by atoms with van der Waals surface area (Å²) in [4.78, 5) is 0. The van der Waals surface area contributed by atoms with Gasteiger partial charge in [-0.2, -0.15) is 0 Å². The highest BCUT2D eigenvalue weighted by atomic mass is 16.6. The minimum Gasteiger partial charge on any atom is -0.394 e. The lowest BCUT2D eigenvalue weighted by Gasteiger charge is -1.96. The smallest absolute Gasteiger partial charge is 0.107 e. The van der Waals surface area contributed by atoms with Crippen LogP contribution in [0, 0.1) is 0 Å². The molecule has 0 aromatic heterocycles. The highest BCUT2D eigenvalue weighted by Crippen LogP contribution is 2.26. The molecule has 1 unspecified atom stereocenters. The largest absolute Gasteiger partial charge is 0.394 e. The Morgan fingerprint density at radius 1 is 1.08 bits per heavy atom. The fourth-order valence-corrected chi connectivity index (χ4v) is 1.54. The first kappa shape index (κ1) is 10.0. The molecule has 0 bridgehead atoms. The van der Waals surface area contributed by atoms with Crippen molar-refractivity contribution < 1.29 is 9.84 Å². The van der Waals surface area contributed by atoms with E-state index in [1.54, 1.807) is 0 Å². The molecule has 1 aliphatic heterocycles. The van der Waals surface area contributed by atoms with Gasteiger partial charge in [0.15, 0.2) is 0 Å². The molecule has 1 aliphatic rings. The Labute approximate surface area is 74.9 Å². The van der Waals surface area contributed by atoms with Crippen LogP contribution in [0.2, 0.25) is 0 Å². The van der Waals surface area contributed by atoms with E-state index >= 15 is 0 Å². The van der Waals surface area contributed by atoms with E-state index in [0.717, 1.165) is 6.42 Å². The van der Waals surface area contributed by atoms with E-state index in [2.05, 4.69) is 6.92 Å². The second kappa shape index (κ2) is 5.55. The van der Waals surface area contributed by atoms with Crippen LogP contribution in [0.25, 0.3) is 0 Å². The molecule has 0 aromatic rings. The lowest BCUT2D eigenvalue weighted by Crippen LogP contribution is -1.98. The van der Waals surface area contributed by atoms with E-state index in [1.807, 2.05) is 0 Å². The monoisotopic (exact) mass is 172 g/mol. The number of rotatable bonds is 7. The van der Waals surface area contributed by atoms with Crippen molar-refractivity contribution in [1.82, 2.24) is 0 Å². The summed E-state index contributed by atoms with van der Waals surface area (Å²) in [6.07, 6.45) is 8.32. The van der Waals surface area contributed by atoms with Gasteiger partial charge in [0, 0.05) is 0 Å². The second-order valence-corrected chi connectivity index (χ2v) is 3.60. The van der Waals surface area contributed by atoms with Gasteiger partial charge in [-0.3, -0.25) is 0 Å². The van der Waals surface area contributed by atoms with Crippen molar-refractivity contribution in [2.45, 2.75) is 57.7 Å². The molecule has 1 saturated heterocycles. The second-order valence-electron chi connectivity index (χ2n) is 3.60. The molecule has 2 atom stereocenters. The normalized spacial score (nSPS) is 27.5. The number of aliphatic hydroxyl groups is 1. The van der Waals surface area contributed by atoms with Crippen molar-refractivity contribution in [3.63, 3.8) is 0 Å². The van der Waals surface area contributed by atoms with Gasteiger partial charge in [-0.15, -0.1) is 0 Å². The predicted molar refractivity (Wildman–Crippen MR) is 49.1 cm³/mol. The standard InChI is InChI=1S/C10H20O2/c1-2-3-4-5-6-7-9-10(8-11)12-9/h9-11H,2-8H2,1H3/t9?,10-/m1/s1. The molecule has 1 rings (SSSR count). The Morgan fingerprint density at radius 3 is 2.42 bits per heavy atom. The van der Waals surface area contributed by atoms with Gasteiger partial charge in [-0.25, -0.2) is 0 Å². The number of ether oxygens (including phenoxy) is 1. The van der Waals surface area contributed by atoms with E-state index in [1.165, 1.54) is 32.1 Å². The van der Waals surface area contributed by atoms with Crippen molar-refractivity contribution in [1.29, 1.82) is 0 Å². The third kappa shape index (κ3) is 3.55. The predicted octanol–water partition coefficient (Wildman–Crippen LogP) is 2.11. The van der Waals surface area contributed by atoms with Crippen LogP contribution < -0.4 is 0 Å². The minimum atomic E-state index is 0.177. The van der Waals surface area contributed by atoms with Gasteiger partial charge < -0.3 is 9.84 Å². The molecule has 1 fully saturated rings. The Bertz CT molecular complexity index is 114. The lowest BCUT2D eigenvalue weighted by molar-refractivity contribution is 0.241. The van der Waals surface area contributed by atoms with E-state index in [9.17, 15) is 0 Å². The summed E-state index contributed by atoms with van der Waals surface area (Å²) in [5.41, 5.74) is 0. The minimum absolute atomic E-state index is 0.177. The summed E-state index contributed by atoms with van der Waals surface area (Å²) in [5, 5.41) is 8.69. The first-order valence-electron chi connectivity index (χ1n) is 5.14. The molecule has 2 heteroatoms. The van der Waals surface area contributed by atoms with Crippen LogP contribution in [-0.4, -0.2) is 23.9 Å². The van der Waals surface area contributed by atoms with Crippen molar-refractivity contribution in [3.8, 4) is 0 Å². The first-order chi connectivity index (χ1) is 5.88. The molecule has 0 aromatic carbocycles. The number of epoxide rings is 1. The third-order valence-corrected chi connectivity index (χ3v) is 2.46. The third-order valence-electron chi connectivity index (χ3n) is 2.46. The maximum absolute atomic E-state index is 8.69. The van der Waals surface area contributed by atoms with Crippen LogP contribution >= 0.6 is 0 Å². The SMILES string of the molecule is CCCCCCCC1O[C@@H]1CO. The topological polar surface area (TPSA) is 32.8 Å². The van der Waals surface area contributed by atoms with Crippen molar-refractivity contribution in [3.05, 3.63) is 0 Å². The van der Waals surface area contributed by atoms with Gasteiger partial charge in [0.2, 0.25) is 0 Å². The van der Waals surface area contributed by atoms with Gasteiger partial charge in [-0.1, -0.05) is 39.0 Å². The molecule has 0 amide bonds. The first-order valence-corrected chi connectivity index (χ1v) is 5.14. The zero-order valence-electron chi connectivity index (χ0n) is 7.96. The van der Waals surface area contributed by atoms with Gasteiger partial charge in [0.25, 0.3) is 0 Å². The van der Waals surface area contributed by atoms with Gasteiger partial charge >= 0.3 is 0 Å². The summed E-state index contributed by atoms with van der Waals surface area (Å²) in [7, 11) is 0. The summed E-state index contributed by atoms with van der Waals surface area (Å²) >= 11 is 0. The van der Waals surface area contributed by atoms with E-state index in [4.69, 9.17) is 9.84 Å². The Kier molecular flexibility index (Phi) is 4.62. The van der Waals surface area contributed by atoms with Gasteiger partial charge in [-0.05, 0) is 6.42 Å². The molecule has 0 spiro atoms. The molecular formula is C10H20O2. The molecule has 1 N–H and O–H groups in total. The fourth-order valence-electron chi connectivity index (χ4n) is 1.54. The Hall–Kier alpha value is -0.0800. The van der Waals surface area contributed by atoms with E-state index in [0.29, 0.717) is 6.10 Å². The molecule has 12 heavy (non-hydrogen) atoms. The van der Waals surface area contributed by atoms with Crippen LogP contribution in [0.3, 0.4) is 0 Å². The highest BCUT2D eigenvalue weighted by molar-refractivity contribution is 4.83. The lowest BCUT2D eigenvalue weighted by atomic mass is 10.1. The average molecular weight is 172 g/mol. The number of hydrogen-bond acceptors (Lipinski definition) is 2. The molecule has 0 aliphatic carbocycles. The Morgan fingerprint density at radius 2 is 1.83 bits per heavy atom. The van der Waals surface area contributed by atoms with Crippen LogP contribution in [0.4, 0.5) is 0 Å². The summed E-state index contributed by atoms with van der Waals surface area (Å²) in [6, 6.07) is 0. The van der Waals surface area contributed by atoms with E-state index in [-0.39, 0.29) is 12.7 Å². The van der Waals surface area contributed by atoms with Crippen molar-refractivity contribution in [2.24, 2.45) is 0 Å². The summed E-state index contributed by atoms with van der Waals surface area (Å²) in [5.74, 6) is 0. The number of unbranched alkanes of at least 4 members (excludes halogenated alkanes) is 4. The van der Waals surface area contributed by atoms with Crippen LogP contribution in [-0.2, 0) is 4.74 Å². The zero-order valence-corrected chi connectivity index (χ0v) is 7.96. The number of hydrogen-bond donors (Lipinski definition) is 1. The highest BCUT2D eigenvalue weighted by Gasteiger charge is 2.36. The van der Waals surface area contributed by atoms with Crippen molar-refractivity contribution in [2.75, 3.05) is 6.61 Å². The van der Waals surface area contributed by atoms with Crippen LogP contribution in [0.1, 0.15) is 45.4 Å². The van der Waals surface area contributed by atoms with Crippen LogP contribution in [0.15, 0.2) is 0 Å². The quantitative estimate of drug-likeness (QED) is 0.471. The summed E-state index contributed by atoms with van der Waals surface area (Å²) < 4.78 is 5.22. The molecule has 1 heterocycles. The number of aliphatic hydroxyl groups excluding tert-OH is 1. The molecule has 0 saturated carbocycles. The fraction of sp³-hybridized carbons (Fsp3) is 1.00. The van der Waals surface area contributed by atoms with Gasteiger partial charge in [0.05, 0.1) is 12.7 Å². The average Bonchev–Trinajstić information content (AvgIpc) is 2.83. The molecule has 2 nitrogen and oxygen atoms in total. The summed E-state index contributed by atoms with van der Waals surface area (Å²) in [6.45, 7) is 2.44. The maximum Gasteiger partial charge on any atom is 0.107 e. The zero-order chi connectivity index (χ0) is 8.81. The molecule has 72 valence electrons. The van der Waals surface area contributed by atoms with E-state index < -0.39 is 0 Å².